The van der Waals surface area contributed by atoms with Crippen LogP contribution < -0.4 is 19.1 Å². The molecular weight excluding hydrogens is 486 g/mol. The molecule has 1 aliphatic heterocycles. The van der Waals surface area contributed by atoms with Gasteiger partial charge in [0.05, 0.1) is 51.6 Å². The number of esters is 1. The smallest absolute Gasteiger partial charge is 0.321 e. The third kappa shape index (κ3) is 4.19. The highest BCUT2D eigenvalue weighted by molar-refractivity contribution is 6.08. The van der Waals surface area contributed by atoms with Crippen LogP contribution >= 0.6 is 0 Å². The van der Waals surface area contributed by atoms with Gasteiger partial charge in [-0.3, -0.25) is 14.5 Å². The number of methoxy groups -OCH3 is 3. The molecule has 9 heteroatoms. The Kier molecular flexibility index (Phi) is 6.91. The minimum Gasteiger partial charge on any atom is -0.493 e. The van der Waals surface area contributed by atoms with Gasteiger partial charge in [0.1, 0.15) is 0 Å². The maximum absolute atomic E-state index is 14.2. The van der Waals surface area contributed by atoms with Gasteiger partial charge in [0, 0.05) is 0 Å². The molecule has 1 amide bonds. The number of nitrogens with zero attached hydrogens (tertiary/aromatic N) is 3. The zero-order valence-electron chi connectivity index (χ0n) is 21.7. The fraction of sp³-hybridized carbons (Fsp3) is 0.276. The summed E-state index contributed by atoms with van der Waals surface area (Å²) in [7, 11) is 4.57. The molecule has 0 N–H and O–H groups in total. The monoisotopic (exact) mass is 515 g/mol. The van der Waals surface area contributed by atoms with Crippen LogP contribution in [0.25, 0.3) is 11.0 Å². The van der Waals surface area contributed by atoms with Crippen molar-refractivity contribution < 1.29 is 28.5 Å². The minimum absolute atomic E-state index is 0.140. The highest BCUT2D eigenvalue weighted by Gasteiger charge is 2.48. The fourth-order valence-electron chi connectivity index (χ4n) is 5.04. The number of hydrogen-bond donors (Lipinski definition) is 0. The van der Waals surface area contributed by atoms with E-state index >= 15 is 0 Å². The van der Waals surface area contributed by atoms with E-state index in [1.165, 1.54) is 21.3 Å². The van der Waals surface area contributed by atoms with Crippen molar-refractivity contribution in [3.63, 3.8) is 0 Å². The molecule has 4 aromatic rings. The minimum atomic E-state index is -1.17. The highest BCUT2D eigenvalue weighted by atomic mass is 16.5. The van der Waals surface area contributed by atoms with Gasteiger partial charge < -0.3 is 23.5 Å². The number of carbonyl (C=O) groups is 2. The summed E-state index contributed by atoms with van der Waals surface area (Å²) in [4.78, 5) is 34.1. The van der Waals surface area contributed by atoms with Crippen molar-refractivity contribution in [1.82, 2.24) is 9.55 Å². The van der Waals surface area contributed by atoms with Gasteiger partial charge in [-0.15, -0.1) is 0 Å². The van der Waals surface area contributed by atoms with E-state index < -0.39 is 23.8 Å². The summed E-state index contributed by atoms with van der Waals surface area (Å²) in [5.74, 6) is -0.503. The molecule has 9 nitrogen and oxygen atoms in total. The number of aromatic nitrogens is 2. The van der Waals surface area contributed by atoms with Crippen LogP contribution in [0.1, 0.15) is 24.1 Å². The average Bonchev–Trinajstić information content (AvgIpc) is 3.33. The number of para-hydroxylation sites is 2. The summed E-state index contributed by atoms with van der Waals surface area (Å²) >= 11 is 0. The van der Waals surface area contributed by atoms with Crippen molar-refractivity contribution in [2.24, 2.45) is 5.92 Å². The Hall–Kier alpha value is -4.53. The maximum Gasteiger partial charge on any atom is 0.321 e. The second-order valence-electron chi connectivity index (χ2n) is 8.81. The first-order chi connectivity index (χ1) is 18.5. The SMILES string of the molecule is CCOC(=O)[C@@H]1C(=O)N(Cc2ccccc2)c2nc3ccccc3n2[C@H]1c1cc(OC)c(OC)c(OC)c1. The molecule has 0 bridgehead atoms. The average molecular weight is 516 g/mol. The van der Waals surface area contributed by atoms with E-state index in [1.54, 1.807) is 24.0 Å². The standard InChI is InChI=1S/C29H29N3O6/c1-5-38-28(34)24-25(19-15-22(35-2)26(37-4)23(16-19)36-3)32-21-14-10-9-13-20(21)30-29(32)31(27(24)33)17-18-11-7-6-8-12-18/h6-16,24-25H,5,17H2,1-4H3/t24-,25-/m0/s1. The molecule has 0 radical (unpaired) electrons. The van der Waals surface area contributed by atoms with E-state index in [9.17, 15) is 9.59 Å². The number of rotatable bonds is 8. The van der Waals surface area contributed by atoms with Gasteiger partial charge in [0.15, 0.2) is 17.4 Å². The van der Waals surface area contributed by atoms with Gasteiger partial charge in [-0.05, 0) is 42.3 Å². The Morgan fingerprint density at radius 3 is 2.21 bits per heavy atom. The number of amides is 1. The maximum atomic E-state index is 14.2. The number of anilines is 1. The van der Waals surface area contributed by atoms with Crippen LogP contribution in [0.3, 0.4) is 0 Å². The number of benzene rings is 3. The van der Waals surface area contributed by atoms with E-state index in [-0.39, 0.29) is 13.2 Å². The number of fused-ring (bicyclic) bond motifs is 3. The Morgan fingerprint density at radius 1 is 0.921 bits per heavy atom. The van der Waals surface area contributed by atoms with E-state index in [0.29, 0.717) is 34.3 Å². The molecular formula is C29H29N3O6. The van der Waals surface area contributed by atoms with Gasteiger partial charge >= 0.3 is 5.97 Å². The third-order valence-corrected chi connectivity index (χ3v) is 6.70. The molecule has 0 spiro atoms. The normalized spacial score (nSPS) is 16.7. The van der Waals surface area contributed by atoms with Crippen LogP contribution in [0.2, 0.25) is 0 Å². The van der Waals surface area contributed by atoms with Crippen molar-refractivity contribution in [2.75, 3.05) is 32.8 Å². The molecule has 2 atom stereocenters. The predicted molar refractivity (Wildman–Crippen MR) is 142 cm³/mol. The van der Waals surface area contributed by atoms with Gasteiger partial charge in [0.2, 0.25) is 17.6 Å². The lowest BCUT2D eigenvalue weighted by molar-refractivity contribution is -0.153. The number of ether oxygens (including phenoxy) is 4. The summed E-state index contributed by atoms with van der Waals surface area (Å²) in [6, 6.07) is 20.0. The topological polar surface area (TPSA) is 92.1 Å². The summed E-state index contributed by atoms with van der Waals surface area (Å²) in [6.07, 6.45) is 0. The quantitative estimate of drug-likeness (QED) is 0.254. The van der Waals surface area contributed by atoms with Crippen molar-refractivity contribution in [1.29, 1.82) is 0 Å². The zero-order valence-corrected chi connectivity index (χ0v) is 21.7. The Labute approximate surface area is 220 Å². The molecule has 3 aromatic carbocycles. The number of imidazole rings is 1. The Morgan fingerprint density at radius 2 is 1.58 bits per heavy atom. The van der Waals surface area contributed by atoms with Crippen LogP contribution in [-0.2, 0) is 20.9 Å². The van der Waals surface area contributed by atoms with Crippen molar-refractivity contribution in [3.05, 3.63) is 77.9 Å². The van der Waals surface area contributed by atoms with E-state index in [2.05, 4.69) is 0 Å². The molecule has 0 saturated heterocycles. The fourth-order valence-corrected chi connectivity index (χ4v) is 5.04. The number of carbonyl (C=O) groups excluding carboxylic acids is 2. The molecule has 196 valence electrons. The molecule has 5 rings (SSSR count). The molecule has 0 aliphatic carbocycles. The zero-order chi connectivity index (χ0) is 26.8. The Balaban J connectivity index is 1.79. The van der Waals surface area contributed by atoms with Crippen LogP contribution in [0.5, 0.6) is 17.2 Å². The summed E-state index contributed by atoms with van der Waals surface area (Å²) < 4.78 is 24.1. The van der Waals surface area contributed by atoms with E-state index in [0.717, 1.165) is 11.1 Å². The van der Waals surface area contributed by atoms with Crippen LogP contribution in [0.4, 0.5) is 5.95 Å². The van der Waals surface area contributed by atoms with Gasteiger partial charge in [-0.2, -0.15) is 0 Å². The molecule has 2 heterocycles. The summed E-state index contributed by atoms with van der Waals surface area (Å²) in [5, 5.41) is 0. The second-order valence-corrected chi connectivity index (χ2v) is 8.81. The van der Waals surface area contributed by atoms with Crippen molar-refractivity contribution in [2.45, 2.75) is 19.5 Å². The van der Waals surface area contributed by atoms with E-state index in [1.807, 2.05) is 59.2 Å². The molecule has 1 aliphatic rings. The molecule has 0 fully saturated rings. The van der Waals surface area contributed by atoms with Gasteiger partial charge in [-0.1, -0.05) is 42.5 Å². The molecule has 38 heavy (non-hydrogen) atoms. The Bertz CT molecular complexity index is 1460. The van der Waals surface area contributed by atoms with Gasteiger partial charge in [-0.25, -0.2) is 4.98 Å². The van der Waals surface area contributed by atoms with Gasteiger partial charge in [0.25, 0.3) is 0 Å². The van der Waals surface area contributed by atoms with Crippen molar-refractivity contribution >= 4 is 28.9 Å². The molecule has 0 saturated carbocycles. The largest absolute Gasteiger partial charge is 0.493 e. The lowest BCUT2D eigenvalue weighted by atomic mass is 9.88. The first-order valence-electron chi connectivity index (χ1n) is 12.3. The van der Waals surface area contributed by atoms with E-state index in [4.69, 9.17) is 23.9 Å². The van der Waals surface area contributed by atoms with Crippen molar-refractivity contribution in [3.8, 4) is 17.2 Å². The summed E-state index contributed by atoms with van der Waals surface area (Å²) in [6.45, 7) is 2.11. The lowest BCUT2D eigenvalue weighted by Crippen LogP contribution is -2.49. The highest BCUT2D eigenvalue weighted by Crippen LogP contribution is 2.46. The molecule has 1 aromatic heterocycles. The predicted octanol–water partition coefficient (Wildman–Crippen LogP) is 4.38. The first-order valence-corrected chi connectivity index (χ1v) is 12.3. The first kappa shape index (κ1) is 25.1. The number of hydrogen-bond acceptors (Lipinski definition) is 7. The second kappa shape index (κ2) is 10.5. The summed E-state index contributed by atoms with van der Waals surface area (Å²) in [5.41, 5.74) is 3.01. The van der Waals surface area contributed by atoms with Crippen LogP contribution in [-0.4, -0.2) is 49.4 Å². The third-order valence-electron chi connectivity index (χ3n) is 6.70. The van der Waals surface area contributed by atoms with Crippen LogP contribution in [0, 0.1) is 5.92 Å². The van der Waals surface area contributed by atoms with Crippen LogP contribution in [0.15, 0.2) is 66.7 Å². The molecule has 0 unspecified atom stereocenters. The lowest BCUT2D eigenvalue weighted by Gasteiger charge is -2.38.